The predicted molar refractivity (Wildman–Crippen MR) is 92.5 cm³/mol. The van der Waals surface area contributed by atoms with Gasteiger partial charge in [0.2, 0.25) is 5.91 Å². The monoisotopic (exact) mass is 327 g/mol. The molecule has 0 bridgehead atoms. The number of fused-ring (bicyclic) bond motifs is 1. The van der Waals surface area contributed by atoms with Gasteiger partial charge in [0, 0.05) is 23.4 Å². The van der Waals surface area contributed by atoms with Crippen LogP contribution in [0.25, 0.3) is 10.9 Å². The highest BCUT2D eigenvalue weighted by Crippen LogP contribution is 2.15. The SMILES string of the molecule is O=C(CCn1ncc2ccccc21)NCCc1ccccc1Cl. The summed E-state index contributed by atoms with van der Waals surface area (Å²) in [5.74, 6) is 0.0247. The summed E-state index contributed by atoms with van der Waals surface area (Å²) in [5, 5.41) is 9.09. The molecule has 0 spiro atoms. The second kappa shape index (κ2) is 7.29. The molecule has 0 saturated heterocycles. The third kappa shape index (κ3) is 3.90. The lowest BCUT2D eigenvalue weighted by Gasteiger charge is -2.07. The summed E-state index contributed by atoms with van der Waals surface area (Å²) in [6.45, 7) is 1.16. The number of carbonyl (C=O) groups excluding carboxylic acids is 1. The number of nitrogens with zero attached hydrogens (tertiary/aromatic N) is 2. The van der Waals surface area contributed by atoms with Crippen LogP contribution in [0.3, 0.4) is 0 Å². The van der Waals surface area contributed by atoms with Crippen molar-refractivity contribution in [2.75, 3.05) is 6.54 Å². The first-order chi connectivity index (χ1) is 11.2. The Kier molecular flexibility index (Phi) is 4.93. The largest absolute Gasteiger partial charge is 0.356 e. The zero-order valence-corrected chi connectivity index (χ0v) is 13.5. The molecule has 118 valence electrons. The summed E-state index contributed by atoms with van der Waals surface area (Å²) >= 11 is 6.10. The van der Waals surface area contributed by atoms with Crippen LogP contribution >= 0.6 is 11.6 Å². The average molecular weight is 328 g/mol. The average Bonchev–Trinajstić information content (AvgIpc) is 2.98. The number of nitrogens with one attached hydrogen (secondary N) is 1. The molecule has 3 aromatic rings. The highest BCUT2D eigenvalue weighted by molar-refractivity contribution is 6.31. The number of aryl methyl sites for hydroxylation is 1. The van der Waals surface area contributed by atoms with E-state index in [2.05, 4.69) is 10.4 Å². The van der Waals surface area contributed by atoms with Crippen LogP contribution in [-0.2, 0) is 17.8 Å². The number of aromatic nitrogens is 2. The van der Waals surface area contributed by atoms with Gasteiger partial charge in [-0.2, -0.15) is 5.10 Å². The van der Waals surface area contributed by atoms with Crippen molar-refractivity contribution in [2.24, 2.45) is 0 Å². The standard InChI is InChI=1S/C18H18ClN3O/c19-16-7-3-1-5-14(16)9-11-20-18(23)10-12-22-17-8-4-2-6-15(17)13-21-22/h1-8,13H,9-12H2,(H,20,23). The second-order valence-corrected chi connectivity index (χ2v) is 5.78. The van der Waals surface area contributed by atoms with E-state index in [1.54, 1.807) is 0 Å². The molecule has 0 unspecified atom stereocenters. The summed E-state index contributed by atoms with van der Waals surface area (Å²) in [7, 11) is 0. The maximum absolute atomic E-state index is 12.0. The summed E-state index contributed by atoms with van der Waals surface area (Å²) in [4.78, 5) is 12.0. The number of amides is 1. The number of benzene rings is 2. The minimum Gasteiger partial charge on any atom is -0.356 e. The molecule has 0 saturated carbocycles. The van der Waals surface area contributed by atoms with Crippen LogP contribution in [-0.4, -0.2) is 22.2 Å². The van der Waals surface area contributed by atoms with E-state index in [4.69, 9.17) is 11.6 Å². The second-order valence-electron chi connectivity index (χ2n) is 5.37. The van der Waals surface area contributed by atoms with Crippen LogP contribution < -0.4 is 5.32 Å². The van der Waals surface area contributed by atoms with Gasteiger partial charge >= 0.3 is 0 Å². The fourth-order valence-corrected chi connectivity index (χ4v) is 2.77. The van der Waals surface area contributed by atoms with Gasteiger partial charge in [-0.25, -0.2) is 0 Å². The minimum absolute atomic E-state index is 0.0247. The highest BCUT2D eigenvalue weighted by atomic mass is 35.5. The Bertz CT molecular complexity index is 813. The number of hydrogen-bond donors (Lipinski definition) is 1. The molecular weight excluding hydrogens is 310 g/mol. The Morgan fingerprint density at radius 1 is 1.13 bits per heavy atom. The van der Waals surface area contributed by atoms with Crippen LogP contribution in [0.4, 0.5) is 0 Å². The number of para-hydroxylation sites is 1. The lowest BCUT2D eigenvalue weighted by molar-refractivity contribution is -0.121. The molecule has 0 aliphatic carbocycles. The molecule has 0 atom stereocenters. The Balaban J connectivity index is 1.47. The molecule has 1 amide bonds. The fraction of sp³-hybridized carbons (Fsp3) is 0.222. The molecule has 1 N–H and O–H groups in total. The minimum atomic E-state index is 0.0247. The fourth-order valence-electron chi connectivity index (χ4n) is 2.54. The molecule has 1 heterocycles. The summed E-state index contributed by atoms with van der Waals surface area (Å²) in [5.41, 5.74) is 2.10. The molecule has 0 aliphatic rings. The van der Waals surface area contributed by atoms with Crippen molar-refractivity contribution in [2.45, 2.75) is 19.4 Å². The molecule has 3 rings (SSSR count). The summed E-state index contributed by atoms with van der Waals surface area (Å²) in [6, 6.07) is 15.7. The van der Waals surface area contributed by atoms with Gasteiger partial charge in [0.15, 0.2) is 0 Å². The lowest BCUT2D eigenvalue weighted by atomic mass is 10.1. The van der Waals surface area contributed by atoms with E-state index in [-0.39, 0.29) is 5.91 Å². The van der Waals surface area contributed by atoms with Crippen molar-refractivity contribution in [3.05, 3.63) is 65.3 Å². The van der Waals surface area contributed by atoms with E-state index in [1.165, 1.54) is 0 Å². The molecule has 23 heavy (non-hydrogen) atoms. The van der Waals surface area contributed by atoms with Gasteiger partial charge in [-0.1, -0.05) is 48.0 Å². The molecule has 5 heteroatoms. The molecule has 0 fully saturated rings. The van der Waals surface area contributed by atoms with Gasteiger partial charge in [-0.3, -0.25) is 9.48 Å². The maximum Gasteiger partial charge on any atom is 0.221 e. The first-order valence-corrected chi connectivity index (χ1v) is 8.02. The molecule has 0 radical (unpaired) electrons. The first kappa shape index (κ1) is 15.6. The van der Waals surface area contributed by atoms with Gasteiger partial charge in [0.05, 0.1) is 18.3 Å². The Morgan fingerprint density at radius 3 is 2.78 bits per heavy atom. The zero-order chi connectivity index (χ0) is 16.1. The Labute approximate surface area is 140 Å². The third-order valence-electron chi connectivity index (χ3n) is 3.78. The van der Waals surface area contributed by atoms with Gasteiger partial charge in [0.1, 0.15) is 0 Å². The maximum atomic E-state index is 12.0. The Hall–Kier alpha value is -2.33. The topological polar surface area (TPSA) is 46.9 Å². The zero-order valence-electron chi connectivity index (χ0n) is 12.7. The van der Waals surface area contributed by atoms with Crippen molar-refractivity contribution in [3.8, 4) is 0 Å². The van der Waals surface area contributed by atoms with Gasteiger partial charge in [0.25, 0.3) is 0 Å². The van der Waals surface area contributed by atoms with Crippen LogP contribution in [0, 0.1) is 0 Å². The van der Waals surface area contributed by atoms with Crippen molar-refractivity contribution >= 4 is 28.4 Å². The lowest BCUT2D eigenvalue weighted by Crippen LogP contribution is -2.26. The number of hydrogen-bond acceptors (Lipinski definition) is 2. The van der Waals surface area contributed by atoms with E-state index in [0.29, 0.717) is 19.5 Å². The highest BCUT2D eigenvalue weighted by Gasteiger charge is 2.06. The molecule has 0 aliphatic heterocycles. The third-order valence-corrected chi connectivity index (χ3v) is 4.14. The van der Waals surface area contributed by atoms with Gasteiger partial charge in [-0.05, 0) is 24.1 Å². The van der Waals surface area contributed by atoms with E-state index < -0.39 is 0 Å². The number of rotatable bonds is 6. The van der Waals surface area contributed by atoms with Crippen molar-refractivity contribution in [1.82, 2.24) is 15.1 Å². The smallest absolute Gasteiger partial charge is 0.221 e. The first-order valence-electron chi connectivity index (χ1n) is 7.65. The van der Waals surface area contributed by atoms with Crippen LogP contribution in [0.5, 0.6) is 0 Å². The molecule has 1 aromatic heterocycles. The van der Waals surface area contributed by atoms with Crippen LogP contribution in [0.15, 0.2) is 54.7 Å². The molecule has 2 aromatic carbocycles. The van der Waals surface area contributed by atoms with Gasteiger partial charge < -0.3 is 5.32 Å². The van der Waals surface area contributed by atoms with Crippen LogP contribution in [0.1, 0.15) is 12.0 Å². The normalized spacial score (nSPS) is 10.8. The van der Waals surface area contributed by atoms with Crippen LogP contribution in [0.2, 0.25) is 5.02 Å². The van der Waals surface area contributed by atoms with Gasteiger partial charge in [-0.15, -0.1) is 0 Å². The molecular formula is C18H18ClN3O. The number of carbonyl (C=O) groups is 1. The van der Waals surface area contributed by atoms with Crippen molar-refractivity contribution in [1.29, 1.82) is 0 Å². The quantitative estimate of drug-likeness (QED) is 0.754. The van der Waals surface area contributed by atoms with E-state index in [1.807, 2.05) is 59.4 Å². The molecule has 4 nitrogen and oxygen atoms in total. The Morgan fingerprint density at radius 2 is 1.91 bits per heavy atom. The van der Waals surface area contributed by atoms with E-state index in [9.17, 15) is 4.79 Å². The van der Waals surface area contributed by atoms with Crippen molar-refractivity contribution < 1.29 is 4.79 Å². The van der Waals surface area contributed by atoms with E-state index >= 15 is 0 Å². The summed E-state index contributed by atoms with van der Waals surface area (Å²) in [6.07, 6.45) is 2.97. The number of halogens is 1. The predicted octanol–water partition coefficient (Wildman–Crippen LogP) is 3.44. The van der Waals surface area contributed by atoms with E-state index in [0.717, 1.165) is 27.9 Å². The van der Waals surface area contributed by atoms with Crippen molar-refractivity contribution in [3.63, 3.8) is 0 Å². The summed E-state index contributed by atoms with van der Waals surface area (Å²) < 4.78 is 1.86.